The second-order valence-electron chi connectivity index (χ2n) is 7.92. The molecule has 0 amide bonds. The van der Waals surface area contributed by atoms with E-state index >= 15 is 0 Å². The van der Waals surface area contributed by atoms with Crippen LogP contribution in [0.25, 0.3) is 0 Å². The Labute approximate surface area is 156 Å². The number of hydrazine groups is 1. The molecule has 2 aliphatic carbocycles. The lowest BCUT2D eigenvalue weighted by Crippen LogP contribution is -2.61. The Morgan fingerprint density at radius 2 is 2.15 bits per heavy atom. The first-order valence-electron chi connectivity index (χ1n) is 9.29. The van der Waals surface area contributed by atoms with Gasteiger partial charge in [-0.05, 0) is 25.7 Å². The second kappa shape index (κ2) is 6.31. The van der Waals surface area contributed by atoms with Crippen molar-refractivity contribution >= 4 is 12.1 Å². The highest BCUT2D eigenvalue weighted by Gasteiger charge is 2.52. The third-order valence-electron chi connectivity index (χ3n) is 6.01. The van der Waals surface area contributed by atoms with Gasteiger partial charge in [-0.15, -0.1) is 0 Å². The van der Waals surface area contributed by atoms with Crippen molar-refractivity contribution in [1.82, 2.24) is 14.5 Å². The Hall–Kier alpha value is -2.45. The highest BCUT2D eigenvalue weighted by Crippen LogP contribution is 2.37. The Morgan fingerprint density at radius 3 is 2.81 bits per heavy atom. The normalized spacial score (nSPS) is 29.4. The van der Waals surface area contributed by atoms with Crippen molar-refractivity contribution in [2.75, 3.05) is 11.6 Å². The predicted octanol–water partition coefficient (Wildman–Crippen LogP) is -0.321. The number of nitrogens with two attached hydrogens (primary N) is 1. The van der Waals surface area contributed by atoms with Crippen LogP contribution in [0.15, 0.2) is 39.5 Å². The molecule has 4 rings (SSSR count). The zero-order chi connectivity index (χ0) is 19.3. The molecule has 1 saturated carbocycles. The summed E-state index contributed by atoms with van der Waals surface area (Å²) in [5.74, 6) is 7.01. The number of hydrogen-bond donors (Lipinski definition) is 2. The summed E-state index contributed by atoms with van der Waals surface area (Å²) in [7, 11) is 1.46. The van der Waals surface area contributed by atoms with Gasteiger partial charge in [-0.2, -0.15) is 0 Å². The lowest BCUT2D eigenvalue weighted by Gasteiger charge is -2.40. The van der Waals surface area contributed by atoms with Crippen molar-refractivity contribution in [1.29, 1.82) is 0 Å². The second-order valence-corrected chi connectivity index (χ2v) is 7.92. The third-order valence-corrected chi connectivity index (χ3v) is 6.01. The molecule has 3 unspecified atom stereocenters. The molecule has 0 aromatic carbocycles. The van der Waals surface area contributed by atoms with Crippen molar-refractivity contribution in [2.45, 2.75) is 37.9 Å². The van der Waals surface area contributed by atoms with Gasteiger partial charge in [0, 0.05) is 38.2 Å². The number of fused-ring (bicyclic) bond motifs is 1. The molecule has 1 aliphatic heterocycles. The van der Waals surface area contributed by atoms with Crippen molar-refractivity contribution in [2.24, 2.45) is 24.7 Å². The largest absolute Gasteiger partial charge is 0.332 e. The van der Waals surface area contributed by atoms with Gasteiger partial charge in [-0.25, -0.2) is 10.6 Å². The fraction of sp³-hybridized carbons (Fsp3) is 0.526. The van der Waals surface area contributed by atoms with E-state index in [1.54, 1.807) is 0 Å². The van der Waals surface area contributed by atoms with E-state index in [9.17, 15) is 14.4 Å². The van der Waals surface area contributed by atoms with E-state index in [2.05, 4.69) is 5.32 Å². The summed E-state index contributed by atoms with van der Waals surface area (Å²) in [6, 6.07) is 1.34. The van der Waals surface area contributed by atoms with E-state index in [0.29, 0.717) is 24.8 Å². The van der Waals surface area contributed by atoms with E-state index in [1.165, 1.54) is 22.7 Å². The van der Waals surface area contributed by atoms with E-state index in [1.807, 2.05) is 25.2 Å². The number of hydrogen-bond acceptors (Lipinski definition) is 6. The van der Waals surface area contributed by atoms with Gasteiger partial charge in [-0.1, -0.05) is 23.8 Å². The molecule has 1 aromatic heterocycles. The number of carbonyl (C=O) groups is 1. The number of aldehydes is 1. The summed E-state index contributed by atoms with van der Waals surface area (Å²) in [6.45, 7) is 2.81. The molecule has 2 fully saturated rings. The van der Waals surface area contributed by atoms with Crippen molar-refractivity contribution in [3.8, 4) is 0 Å². The molecule has 3 atom stereocenters. The fourth-order valence-electron chi connectivity index (χ4n) is 4.09. The molecular formula is C19H25N5O3. The van der Waals surface area contributed by atoms with Gasteiger partial charge in [0.15, 0.2) is 0 Å². The van der Waals surface area contributed by atoms with Crippen LogP contribution in [0.1, 0.15) is 19.8 Å². The van der Waals surface area contributed by atoms with Crippen LogP contribution in [-0.2, 0) is 18.4 Å². The minimum absolute atomic E-state index is 0.0138. The minimum atomic E-state index is -1.07. The molecular weight excluding hydrogens is 346 g/mol. The molecule has 3 aliphatic rings. The van der Waals surface area contributed by atoms with Crippen molar-refractivity contribution < 1.29 is 4.79 Å². The molecule has 2 heterocycles. The maximum Gasteiger partial charge on any atom is 0.332 e. The summed E-state index contributed by atoms with van der Waals surface area (Å²) in [5, 5.41) is 4.67. The first-order valence-corrected chi connectivity index (χ1v) is 9.29. The molecule has 1 aromatic rings. The molecule has 8 heteroatoms. The van der Waals surface area contributed by atoms with E-state index in [-0.39, 0.29) is 12.0 Å². The monoisotopic (exact) mass is 371 g/mol. The highest BCUT2D eigenvalue weighted by molar-refractivity contribution is 5.74. The Balaban J connectivity index is 1.83. The number of nitrogens with zero attached hydrogens (tertiary/aromatic N) is 3. The smallest absolute Gasteiger partial charge is 0.307 e. The number of aromatic nitrogens is 2. The van der Waals surface area contributed by atoms with Crippen LogP contribution < -0.4 is 27.4 Å². The van der Waals surface area contributed by atoms with Crippen LogP contribution in [0.3, 0.4) is 0 Å². The van der Waals surface area contributed by atoms with Crippen molar-refractivity contribution in [3.63, 3.8) is 0 Å². The number of carbonyl (C=O) groups excluding carboxylic acids is 1. The summed E-state index contributed by atoms with van der Waals surface area (Å²) in [6.07, 6.45) is 9.02. The maximum absolute atomic E-state index is 12.7. The Morgan fingerprint density at radius 1 is 1.41 bits per heavy atom. The standard InChI is InChI=1S/C19H25N5O3/c1-12-3-6-15-14(7-12)19(11-25,10-21-15)24(20)16-8-17(26)22(2)18(27)23(16)9-13-4-5-13/h3,6-8,11,13-15,21H,4-5,9-10,20H2,1-2H3. The summed E-state index contributed by atoms with van der Waals surface area (Å²) in [5.41, 5.74) is -0.852. The van der Waals surface area contributed by atoms with Crippen LogP contribution in [0.2, 0.25) is 0 Å². The molecule has 3 N–H and O–H groups in total. The Kier molecular flexibility index (Phi) is 4.20. The third kappa shape index (κ3) is 2.80. The van der Waals surface area contributed by atoms with Crippen LogP contribution >= 0.6 is 0 Å². The molecule has 8 nitrogen and oxygen atoms in total. The molecule has 0 spiro atoms. The molecule has 0 bridgehead atoms. The van der Waals surface area contributed by atoms with Gasteiger partial charge in [-0.3, -0.25) is 18.9 Å². The van der Waals surface area contributed by atoms with Gasteiger partial charge in [0.25, 0.3) is 5.56 Å². The SMILES string of the molecule is CC1=CC2C(C=C1)NCC2(C=O)N(N)c1cc(=O)n(C)c(=O)n1CC1CC1. The summed E-state index contributed by atoms with van der Waals surface area (Å²) < 4.78 is 2.61. The molecule has 27 heavy (non-hydrogen) atoms. The zero-order valence-corrected chi connectivity index (χ0v) is 15.6. The average Bonchev–Trinajstić information content (AvgIpc) is 3.41. The van der Waals surface area contributed by atoms with Crippen LogP contribution in [0, 0.1) is 11.8 Å². The topological polar surface area (TPSA) is 102 Å². The lowest BCUT2D eigenvalue weighted by molar-refractivity contribution is -0.112. The first kappa shape index (κ1) is 17.9. The summed E-state index contributed by atoms with van der Waals surface area (Å²) >= 11 is 0. The number of anilines is 1. The Bertz CT molecular complexity index is 955. The molecule has 1 saturated heterocycles. The predicted molar refractivity (Wildman–Crippen MR) is 102 cm³/mol. The van der Waals surface area contributed by atoms with E-state index in [0.717, 1.165) is 29.3 Å². The van der Waals surface area contributed by atoms with E-state index < -0.39 is 16.8 Å². The maximum atomic E-state index is 12.7. The average molecular weight is 371 g/mol. The van der Waals surface area contributed by atoms with E-state index in [4.69, 9.17) is 5.84 Å². The van der Waals surface area contributed by atoms with Crippen LogP contribution in [0.4, 0.5) is 5.82 Å². The van der Waals surface area contributed by atoms with Crippen molar-refractivity contribution in [3.05, 3.63) is 50.7 Å². The van der Waals surface area contributed by atoms with Crippen LogP contribution in [0.5, 0.6) is 0 Å². The quantitative estimate of drug-likeness (QED) is 0.418. The lowest BCUT2D eigenvalue weighted by atomic mass is 9.80. The van der Waals surface area contributed by atoms with Gasteiger partial charge in [0.05, 0.1) is 0 Å². The number of rotatable bonds is 5. The fourth-order valence-corrected chi connectivity index (χ4v) is 4.09. The first-order chi connectivity index (χ1) is 12.9. The number of allylic oxidation sites excluding steroid dienone is 2. The zero-order valence-electron chi connectivity index (χ0n) is 15.6. The number of nitrogens with one attached hydrogen (secondary N) is 1. The molecule has 0 radical (unpaired) electrons. The van der Waals surface area contributed by atoms with Gasteiger partial charge in [0.2, 0.25) is 0 Å². The van der Waals surface area contributed by atoms with Gasteiger partial charge >= 0.3 is 5.69 Å². The van der Waals surface area contributed by atoms with Gasteiger partial charge in [0.1, 0.15) is 17.6 Å². The molecule has 144 valence electrons. The summed E-state index contributed by atoms with van der Waals surface area (Å²) in [4.78, 5) is 37.3. The van der Waals surface area contributed by atoms with Crippen LogP contribution in [-0.4, -0.2) is 33.5 Å². The minimum Gasteiger partial charge on any atom is -0.307 e. The van der Waals surface area contributed by atoms with Gasteiger partial charge < -0.3 is 10.1 Å². The highest BCUT2D eigenvalue weighted by atomic mass is 16.2.